The summed E-state index contributed by atoms with van der Waals surface area (Å²) < 4.78 is 0. The van der Waals surface area contributed by atoms with Crippen LogP contribution < -0.4 is 0 Å². The third kappa shape index (κ3) is 5.13. The molecule has 0 fully saturated rings. The van der Waals surface area contributed by atoms with Crippen molar-refractivity contribution in [2.45, 2.75) is 34.6 Å². The van der Waals surface area contributed by atoms with Crippen molar-refractivity contribution in [3.05, 3.63) is 60.0 Å². The summed E-state index contributed by atoms with van der Waals surface area (Å²) in [6.45, 7) is 13.3. The molecule has 0 bridgehead atoms. The van der Waals surface area contributed by atoms with Crippen molar-refractivity contribution in [2.75, 3.05) is 0 Å². The van der Waals surface area contributed by atoms with E-state index < -0.39 is 0 Å². The van der Waals surface area contributed by atoms with Crippen LogP contribution in [0.5, 0.6) is 0 Å². The van der Waals surface area contributed by atoms with Gasteiger partial charge in [0.25, 0.3) is 0 Å². The minimum atomic E-state index is -0.0907. The standard InChI is InChI=1S/C20H25NO2/c1-7-8-16(19(22)13(2)3)11-15(6)18-12-17(9-10-21-18)20(23)14(4)5/h7-14H,6H2,1-5H3/b8-7-,16-11+. The second-order valence-corrected chi connectivity index (χ2v) is 6.09. The summed E-state index contributed by atoms with van der Waals surface area (Å²) >= 11 is 0. The van der Waals surface area contributed by atoms with Crippen LogP contribution in [0.3, 0.4) is 0 Å². The molecule has 0 aliphatic rings. The van der Waals surface area contributed by atoms with Crippen LogP contribution in [0.15, 0.2) is 48.7 Å². The van der Waals surface area contributed by atoms with Gasteiger partial charge in [-0.3, -0.25) is 14.6 Å². The molecule has 0 amide bonds. The molecule has 3 nitrogen and oxygen atoms in total. The number of rotatable bonds is 7. The number of pyridine rings is 1. The van der Waals surface area contributed by atoms with Gasteiger partial charge in [-0.25, -0.2) is 0 Å². The normalized spacial score (nSPS) is 12.2. The minimum absolute atomic E-state index is 0.0543. The maximum Gasteiger partial charge on any atom is 0.165 e. The number of hydrogen-bond donors (Lipinski definition) is 0. The first-order valence-corrected chi connectivity index (χ1v) is 7.86. The molecule has 0 aliphatic carbocycles. The second kappa shape index (κ2) is 8.37. The Morgan fingerprint density at radius 3 is 2.35 bits per heavy atom. The summed E-state index contributed by atoms with van der Waals surface area (Å²) in [4.78, 5) is 28.6. The Labute approximate surface area is 138 Å². The zero-order valence-electron chi connectivity index (χ0n) is 14.6. The summed E-state index contributed by atoms with van der Waals surface area (Å²) in [5, 5.41) is 0. The molecular formula is C20H25NO2. The van der Waals surface area contributed by atoms with Crippen LogP contribution >= 0.6 is 0 Å². The van der Waals surface area contributed by atoms with Gasteiger partial charge >= 0.3 is 0 Å². The van der Waals surface area contributed by atoms with Gasteiger partial charge in [0.2, 0.25) is 0 Å². The number of carbonyl (C=O) groups is 2. The first kappa shape index (κ1) is 18.8. The summed E-state index contributed by atoms with van der Waals surface area (Å²) in [5.74, 6) is -0.0433. The molecule has 1 heterocycles. The van der Waals surface area contributed by atoms with Crippen molar-refractivity contribution in [1.82, 2.24) is 4.98 Å². The lowest BCUT2D eigenvalue weighted by Crippen LogP contribution is -2.09. The Hall–Kier alpha value is -2.29. The van der Waals surface area contributed by atoms with Crippen LogP contribution in [-0.2, 0) is 4.79 Å². The van der Waals surface area contributed by atoms with Crippen LogP contribution in [0, 0.1) is 11.8 Å². The first-order chi connectivity index (χ1) is 10.8. The molecule has 1 aromatic heterocycles. The van der Waals surface area contributed by atoms with E-state index in [1.807, 2.05) is 40.7 Å². The van der Waals surface area contributed by atoms with Crippen LogP contribution in [0.1, 0.15) is 50.7 Å². The number of carbonyl (C=O) groups excluding carboxylic acids is 2. The summed E-state index contributed by atoms with van der Waals surface area (Å²) in [7, 11) is 0. The highest BCUT2D eigenvalue weighted by Gasteiger charge is 2.14. The van der Waals surface area contributed by atoms with E-state index in [-0.39, 0.29) is 23.4 Å². The van der Waals surface area contributed by atoms with Gasteiger partial charge in [0.05, 0.1) is 5.69 Å². The summed E-state index contributed by atoms with van der Waals surface area (Å²) in [6, 6.07) is 3.43. The molecule has 0 saturated carbocycles. The van der Waals surface area contributed by atoms with Crippen LogP contribution in [0.4, 0.5) is 0 Å². The van der Waals surface area contributed by atoms with Crippen molar-refractivity contribution in [3.8, 4) is 0 Å². The number of aromatic nitrogens is 1. The van der Waals surface area contributed by atoms with Gasteiger partial charge in [-0.1, -0.05) is 46.4 Å². The van der Waals surface area contributed by atoms with Crippen molar-refractivity contribution >= 4 is 17.1 Å². The Bertz CT molecular complexity index is 664. The quantitative estimate of drug-likeness (QED) is 0.418. The Balaban J connectivity index is 3.18. The van der Waals surface area contributed by atoms with Crippen LogP contribution in [0.25, 0.3) is 5.57 Å². The highest BCUT2D eigenvalue weighted by Crippen LogP contribution is 2.19. The van der Waals surface area contributed by atoms with Gasteiger partial charge < -0.3 is 0 Å². The molecule has 23 heavy (non-hydrogen) atoms. The van der Waals surface area contributed by atoms with Crippen molar-refractivity contribution < 1.29 is 9.59 Å². The molecule has 1 rings (SSSR count). The highest BCUT2D eigenvalue weighted by atomic mass is 16.1. The Kier molecular flexibility index (Phi) is 6.83. The molecule has 0 atom stereocenters. The van der Waals surface area contributed by atoms with Crippen molar-refractivity contribution in [3.63, 3.8) is 0 Å². The number of nitrogens with zero attached hydrogens (tertiary/aromatic N) is 1. The minimum Gasteiger partial charge on any atom is -0.294 e. The van der Waals surface area contributed by atoms with E-state index in [2.05, 4.69) is 11.6 Å². The molecule has 0 saturated heterocycles. The number of Topliss-reactive ketones (excluding diaryl/α,β-unsaturated/α-hetero) is 2. The average molecular weight is 311 g/mol. The topological polar surface area (TPSA) is 47.0 Å². The van der Waals surface area contributed by atoms with Gasteiger partial charge in [-0.15, -0.1) is 0 Å². The van der Waals surface area contributed by atoms with Gasteiger partial charge in [0, 0.05) is 29.2 Å². The van der Waals surface area contributed by atoms with Crippen LogP contribution in [0.2, 0.25) is 0 Å². The third-order valence-electron chi connectivity index (χ3n) is 3.38. The molecule has 0 N–H and O–H groups in total. The molecule has 0 aliphatic heterocycles. The number of allylic oxidation sites excluding steroid dienone is 5. The summed E-state index contributed by atoms with van der Waals surface area (Å²) in [5.41, 5.74) is 2.43. The fourth-order valence-electron chi connectivity index (χ4n) is 2.07. The van der Waals surface area contributed by atoms with Gasteiger partial charge in [0.15, 0.2) is 11.6 Å². The maximum absolute atomic E-state index is 12.2. The first-order valence-electron chi connectivity index (χ1n) is 7.86. The molecule has 122 valence electrons. The van der Waals surface area contributed by atoms with Crippen molar-refractivity contribution in [1.29, 1.82) is 0 Å². The predicted octanol–water partition coefficient (Wildman–Crippen LogP) is 4.66. The van der Waals surface area contributed by atoms with Gasteiger partial charge in [0.1, 0.15) is 0 Å². The van der Waals surface area contributed by atoms with Crippen LogP contribution in [-0.4, -0.2) is 16.6 Å². The molecule has 0 radical (unpaired) electrons. The maximum atomic E-state index is 12.2. The van der Waals surface area contributed by atoms with Crippen molar-refractivity contribution in [2.24, 2.45) is 11.8 Å². The second-order valence-electron chi connectivity index (χ2n) is 6.09. The Morgan fingerprint density at radius 2 is 1.83 bits per heavy atom. The van der Waals surface area contributed by atoms with E-state index in [1.54, 1.807) is 30.5 Å². The SMILES string of the molecule is C=C(/C=C(\C=C/C)C(=O)C(C)C)c1cc(C(=O)C(C)C)ccn1. The lowest BCUT2D eigenvalue weighted by molar-refractivity contribution is -0.117. The molecule has 0 spiro atoms. The predicted molar refractivity (Wildman–Crippen MR) is 95.2 cm³/mol. The fourth-order valence-corrected chi connectivity index (χ4v) is 2.07. The fraction of sp³-hybridized carbons (Fsp3) is 0.350. The van der Waals surface area contributed by atoms with Gasteiger partial charge in [-0.2, -0.15) is 0 Å². The third-order valence-corrected chi connectivity index (χ3v) is 3.38. The average Bonchev–Trinajstić information content (AvgIpc) is 2.52. The highest BCUT2D eigenvalue weighted by molar-refractivity contribution is 6.02. The van der Waals surface area contributed by atoms with Gasteiger partial charge in [-0.05, 0) is 30.7 Å². The lowest BCUT2D eigenvalue weighted by Gasteiger charge is -2.08. The molecule has 0 aromatic carbocycles. The zero-order valence-corrected chi connectivity index (χ0v) is 14.6. The van der Waals surface area contributed by atoms with E-state index in [9.17, 15) is 9.59 Å². The summed E-state index contributed by atoms with van der Waals surface area (Å²) in [6.07, 6.45) is 6.93. The Morgan fingerprint density at radius 1 is 1.17 bits per heavy atom. The van der Waals surface area contributed by atoms with E-state index in [4.69, 9.17) is 0 Å². The van der Waals surface area contributed by atoms with E-state index in [1.165, 1.54) is 0 Å². The van der Waals surface area contributed by atoms with E-state index >= 15 is 0 Å². The lowest BCUT2D eigenvalue weighted by atomic mass is 9.96. The molecule has 1 aromatic rings. The molecule has 3 heteroatoms. The smallest absolute Gasteiger partial charge is 0.165 e. The largest absolute Gasteiger partial charge is 0.294 e. The molecule has 0 unspecified atom stereocenters. The number of ketones is 2. The van der Waals surface area contributed by atoms with E-state index in [0.717, 1.165) is 0 Å². The number of hydrogen-bond acceptors (Lipinski definition) is 3. The molecular weight excluding hydrogens is 286 g/mol. The monoisotopic (exact) mass is 311 g/mol. The zero-order chi connectivity index (χ0) is 17.6. The van der Waals surface area contributed by atoms with E-state index in [0.29, 0.717) is 22.4 Å².